The van der Waals surface area contributed by atoms with Crippen molar-refractivity contribution in [2.75, 3.05) is 48.0 Å². The third kappa shape index (κ3) is 4.67. The first kappa shape index (κ1) is 33.7. The van der Waals surface area contributed by atoms with Crippen molar-refractivity contribution in [2.45, 2.75) is 75.8 Å². The summed E-state index contributed by atoms with van der Waals surface area (Å²) in [6.07, 6.45) is 7.59. The van der Waals surface area contributed by atoms with Crippen molar-refractivity contribution in [3.8, 4) is 5.75 Å². The fraction of sp³-hybridized carbons (Fsp3) is 0.535. The Balaban J connectivity index is 1.27. The van der Waals surface area contributed by atoms with Crippen molar-refractivity contribution in [2.24, 2.45) is 23.7 Å². The van der Waals surface area contributed by atoms with E-state index in [0.717, 1.165) is 85.2 Å². The molecule has 10 rings (SSSR count). The van der Waals surface area contributed by atoms with Crippen LogP contribution >= 0.6 is 0 Å². The number of nitrogens with one attached hydrogen (secondary N) is 2. The van der Waals surface area contributed by atoms with Crippen LogP contribution in [0, 0.1) is 23.7 Å². The van der Waals surface area contributed by atoms with Crippen molar-refractivity contribution in [1.29, 1.82) is 0 Å². The van der Waals surface area contributed by atoms with E-state index in [0.29, 0.717) is 11.8 Å². The maximum Gasteiger partial charge on any atom is 0.319 e. The maximum absolute atomic E-state index is 14.2. The summed E-state index contributed by atoms with van der Waals surface area (Å²) in [6.45, 7) is 7.17. The van der Waals surface area contributed by atoms with Gasteiger partial charge in [0.25, 0.3) is 0 Å². The number of likely N-dealkylation sites (tertiary alicyclic amines) is 1. The number of rotatable bonds is 5. The fourth-order valence-electron chi connectivity index (χ4n) is 12.1. The van der Waals surface area contributed by atoms with Crippen molar-refractivity contribution in [1.82, 2.24) is 19.8 Å². The second-order valence-corrected chi connectivity index (χ2v) is 16.3. The summed E-state index contributed by atoms with van der Waals surface area (Å²) >= 11 is 0. The van der Waals surface area contributed by atoms with E-state index in [9.17, 15) is 9.59 Å². The average molecular weight is 705 g/mol. The quantitative estimate of drug-likeness (QED) is 0.181. The third-order valence-electron chi connectivity index (χ3n) is 14.1. The first-order valence-corrected chi connectivity index (χ1v) is 19.3. The average Bonchev–Trinajstić information content (AvgIpc) is 3.69. The number of hydrogen-bond acceptors (Lipinski definition) is 7. The summed E-state index contributed by atoms with van der Waals surface area (Å²) in [5.74, 6) is 1.11. The van der Waals surface area contributed by atoms with Gasteiger partial charge in [0, 0.05) is 76.4 Å². The molecule has 274 valence electrons. The molecule has 9 nitrogen and oxygen atoms in total. The number of para-hydroxylation sites is 1. The fourth-order valence-corrected chi connectivity index (χ4v) is 12.1. The number of fused-ring (bicyclic) bond motifs is 9. The van der Waals surface area contributed by atoms with Crippen molar-refractivity contribution in [3.05, 3.63) is 76.1 Å². The summed E-state index contributed by atoms with van der Waals surface area (Å²) in [6, 6.07) is 13.2. The number of H-pyrrole nitrogens is 2. The van der Waals surface area contributed by atoms with Gasteiger partial charge in [0.15, 0.2) is 0 Å². The first-order valence-electron chi connectivity index (χ1n) is 19.3. The second-order valence-electron chi connectivity index (χ2n) is 16.3. The van der Waals surface area contributed by atoms with E-state index in [2.05, 4.69) is 83.1 Å². The standard InChI is InChI=1S/C43H52N4O5/c1-7-24-15-23-20-43(42(49)52-6)39-27(13-14-47(21-23)40(24)43)29-19-36(50-4)30(17-34(29)45-39)31-16-28-25(8-2)22-46(3)35(37(28)41(48)51-5)18-32-26-11-9-10-12-33(26)44-38(31)32/h8-12,17,19,23-24,28,31,35,37,40,44-45H,7,13-16,18,20-22H2,1-6H3/b25-8-/t23-,24+,28+,31+,35+,37?,40+,43-/m1/s1. The molecule has 3 saturated heterocycles. The molecule has 4 aliphatic heterocycles. The lowest BCUT2D eigenvalue weighted by Gasteiger charge is -2.57. The molecule has 6 bridgehead atoms. The summed E-state index contributed by atoms with van der Waals surface area (Å²) in [4.78, 5) is 40.8. The molecule has 6 aliphatic rings. The Labute approximate surface area is 306 Å². The number of likely N-dealkylation sites (N-methyl/N-ethyl adjacent to an activating group) is 1. The summed E-state index contributed by atoms with van der Waals surface area (Å²) in [5, 5.41) is 2.32. The molecule has 2 unspecified atom stereocenters. The number of aromatic amines is 2. The number of benzene rings is 2. The number of nitrogens with zero attached hydrogens (tertiary/aromatic N) is 2. The van der Waals surface area contributed by atoms with E-state index in [-0.39, 0.29) is 41.8 Å². The minimum absolute atomic E-state index is 0.00122. The highest BCUT2D eigenvalue weighted by molar-refractivity contribution is 5.93. The lowest BCUT2D eigenvalue weighted by molar-refractivity contribution is -0.162. The van der Waals surface area contributed by atoms with Crippen molar-refractivity contribution < 1.29 is 23.8 Å². The van der Waals surface area contributed by atoms with Gasteiger partial charge in [-0.15, -0.1) is 0 Å². The highest BCUT2D eigenvalue weighted by Crippen LogP contribution is 2.56. The summed E-state index contributed by atoms with van der Waals surface area (Å²) in [5.41, 5.74) is 8.48. The van der Waals surface area contributed by atoms with E-state index in [4.69, 9.17) is 14.2 Å². The minimum atomic E-state index is -0.725. The van der Waals surface area contributed by atoms with Gasteiger partial charge in [-0.1, -0.05) is 43.2 Å². The first-order chi connectivity index (χ1) is 25.3. The normalized spacial score (nSPS) is 33.2. The zero-order valence-corrected chi connectivity index (χ0v) is 31.4. The van der Waals surface area contributed by atoms with Gasteiger partial charge in [-0.25, -0.2) is 0 Å². The van der Waals surface area contributed by atoms with Crippen LogP contribution in [0.15, 0.2) is 48.0 Å². The highest BCUT2D eigenvalue weighted by atomic mass is 16.5. The third-order valence-corrected chi connectivity index (χ3v) is 14.1. The topological polar surface area (TPSA) is 99.9 Å². The SMILES string of the molecule is C/C=C1/CN(C)[C@H]2Cc3c([nH]c4ccccc34)[C@H](c3cc4[nH]c5c(c4cc3OC)CCN3C[C@@H]4C[C@H](CC)[C@H]3[C@@]5(C(=O)OC)C4)C[C@@H]1C2C(=O)OC. The zero-order chi connectivity index (χ0) is 36.1. The number of piperidine rings is 3. The van der Waals surface area contributed by atoms with Gasteiger partial charge in [-0.3, -0.25) is 19.4 Å². The van der Waals surface area contributed by atoms with Gasteiger partial charge >= 0.3 is 11.9 Å². The van der Waals surface area contributed by atoms with Gasteiger partial charge in [0.05, 0.1) is 27.2 Å². The van der Waals surface area contributed by atoms with Crippen LogP contribution < -0.4 is 4.74 Å². The molecule has 0 amide bonds. The van der Waals surface area contributed by atoms with E-state index in [1.807, 2.05) is 0 Å². The Bertz CT molecular complexity index is 2110. The number of hydrogen-bond donors (Lipinski definition) is 2. The van der Waals surface area contributed by atoms with Crippen LogP contribution in [0.3, 0.4) is 0 Å². The summed E-state index contributed by atoms with van der Waals surface area (Å²) in [7, 11) is 6.99. The van der Waals surface area contributed by atoms with Gasteiger partial charge in [-0.05, 0) is 93.2 Å². The van der Waals surface area contributed by atoms with Crippen molar-refractivity contribution >= 4 is 33.7 Å². The van der Waals surface area contributed by atoms with E-state index in [1.54, 1.807) is 14.2 Å². The van der Waals surface area contributed by atoms with E-state index < -0.39 is 5.41 Å². The summed E-state index contributed by atoms with van der Waals surface area (Å²) < 4.78 is 17.6. The number of ether oxygens (including phenoxy) is 3. The maximum atomic E-state index is 14.2. The lowest BCUT2D eigenvalue weighted by Crippen LogP contribution is -2.67. The minimum Gasteiger partial charge on any atom is -0.496 e. The molecular formula is C43H52N4O5. The Kier molecular flexibility index (Phi) is 8.12. The molecular weight excluding hydrogens is 652 g/mol. The molecule has 6 heterocycles. The molecule has 2 N–H and O–H groups in total. The number of allylic oxidation sites excluding steroid dienone is 1. The van der Waals surface area contributed by atoms with Gasteiger partial charge in [-0.2, -0.15) is 0 Å². The van der Waals surface area contributed by atoms with Crippen LogP contribution in [0.2, 0.25) is 0 Å². The van der Waals surface area contributed by atoms with Gasteiger partial charge in [0.1, 0.15) is 11.2 Å². The lowest BCUT2D eigenvalue weighted by atomic mass is 9.56. The van der Waals surface area contributed by atoms with E-state index >= 15 is 0 Å². The Hall–Kier alpha value is -4.08. The highest BCUT2D eigenvalue weighted by Gasteiger charge is 2.62. The molecule has 2 aromatic carbocycles. The molecule has 4 fully saturated rings. The molecule has 4 aromatic rings. The van der Waals surface area contributed by atoms with Crippen LogP contribution in [0.1, 0.15) is 73.5 Å². The number of carbonyl (C=O) groups is 2. The molecule has 0 radical (unpaired) electrons. The van der Waals surface area contributed by atoms with Crippen LogP contribution in [0.25, 0.3) is 21.8 Å². The number of methoxy groups -OCH3 is 3. The molecule has 2 aromatic heterocycles. The Morgan fingerprint density at radius 1 is 1.02 bits per heavy atom. The molecule has 0 spiro atoms. The van der Waals surface area contributed by atoms with Crippen LogP contribution in [0.4, 0.5) is 0 Å². The molecule has 52 heavy (non-hydrogen) atoms. The smallest absolute Gasteiger partial charge is 0.319 e. The molecule has 9 heteroatoms. The molecule has 2 aliphatic carbocycles. The zero-order valence-electron chi connectivity index (χ0n) is 31.4. The predicted molar refractivity (Wildman–Crippen MR) is 202 cm³/mol. The van der Waals surface area contributed by atoms with Gasteiger partial charge in [0.2, 0.25) is 0 Å². The number of esters is 2. The predicted octanol–water partition coefficient (Wildman–Crippen LogP) is 6.49. The molecule has 1 saturated carbocycles. The second kappa shape index (κ2) is 12.5. The van der Waals surface area contributed by atoms with Crippen molar-refractivity contribution in [3.63, 3.8) is 0 Å². The van der Waals surface area contributed by atoms with Crippen LogP contribution in [-0.4, -0.2) is 91.8 Å². The van der Waals surface area contributed by atoms with Crippen LogP contribution in [0.5, 0.6) is 5.75 Å². The Morgan fingerprint density at radius 3 is 2.60 bits per heavy atom. The van der Waals surface area contributed by atoms with Crippen LogP contribution in [-0.2, 0) is 37.3 Å². The number of aromatic nitrogens is 2. The van der Waals surface area contributed by atoms with E-state index in [1.165, 1.54) is 41.3 Å². The monoisotopic (exact) mass is 704 g/mol. The number of carbonyl (C=O) groups excluding carboxylic acids is 2. The largest absolute Gasteiger partial charge is 0.496 e. The molecule has 9 atom stereocenters. The Morgan fingerprint density at radius 2 is 1.85 bits per heavy atom. The van der Waals surface area contributed by atoms with Gasteiger partial charge < -0.3 is 24.2 Å².